The first-order chi connectivity index (χ1) is 15.0. The van der Waals surface area contributed by atoms with Gasteiger partial charge in [-0.2, -0.15) is 0 Å². The van der Waals surface area contributed by atoms with Crippen molar-refractivity contribution in [1.82, 2.24) is 9.80 Å². The molecular formula is C22H38N4O6. The zero-order chi connectivity index (χ0) is 24.0. The number of rotatable bonds is 8. The van der Waals surface area contributed by atoms with Gasteiger partial charge in [0.15, 0.2) is 0 Å². The van der Waals surface area contributed by atoms with E-state index >= 15 is 0 Å². The number of amides is 2. The molecule has 2 amide bonds. The Morgan fingerprint density at radius 3 is 1.12 bits per heavy atom. The Bertz CT molecular complexity index is 624. The lowest BCUT2D eigenvalue weighted by atomic mass is 9.81. The van der Waals surface area contributed by atoms with Crippen molar-refractivity contribution in [3.63, 3.8) is 0 Å². The Balaban J connectivity index is 1.76. The first-order valence-corrected chi connectivity index (χ1v) is 11.3. The van der Waals surface area contributed by atoms with E-state index in [2.05, 4.69) is 0 Å². The van der Waals surface area contributed by atoms with Crippen LogP contribution in [0.15, 0.2) is 0 Å². The Morgan fingerprint density at radius 2 is 0.906 bits per heavy atom. The number of carbonyl (C=O) groups is 4. The van der Waals surface area contributed by atoms with Gasteiger partial charge in [-0.1, -0.05) is 0 Å². The van der Waals surface area contributed by atoms with E-state index in [1.165, 1.54) is 0 Å². The molecule has 0 heterocycles. The third-order valence-electron chi connectivity index (χ3n) is 6.74. The summed E-state index contributed by atoms with van der Waals surface area (Å²) in [6, 6.07) is -0.707. The fraction of sp³-hybridized carbons (Fsp3) is 0.818. The molecule has 0 radical (unpaired) electrons. The van der Waals surface area contributed by atoms with Gasteiger partial charge in [0.25, 0.3) is 0 Å². The van der Waals surface area contributed by atoms with E-state index in [0.717, 1.165) is 0 Å². The molecule has 2 unspecified atom stereocenters. The highest BCUT2D eigenvalue weighted by atomic mass is 16.6. The monoisotopic (exact) mass is 454 g/mol. The SMILES string of the molecule is CN(C)C(C(N)=O)C1CCC(OC(=O)C(=O)OC2CCC(C(C(N)=O)N(C)C)CC2)CC1. The summed E-state index contributed by atoms with van der Waals surface area (Å²) in [7, 11) is 7.28. The van der Waals surface area contributed by atoms with E-state index in [9.17, 15) is 19.2 Å². The van der Waals surface area contributed by atoms with Gasteiger partial charge < -0.3 is 20.9 Å². The molecule has 10 heteroatoms. The quantitative estimate of drug-likeness (QED) is 0.386. The summed E-state index contributed by atoms with van der Waals surface area (Å²) in [4.78, 5) is 51.5. The topological polar surface area (TPSA) is 145 Å². The molecule has 32 heavy (non-hydrogen) atoms. The number of likely N-dealkylation sites (N-methyl/N-ethyl adjacent to an activating group) is 2. The molecule has 0 aromatic carbocycles. The maximum Gasteiger partial charge on any atom is 0.417 e. The summed E-state index contributed by atoms with van der Waals surface area (Å²) in [6.45, 7) is 0. The Kier molecular flexibility index (Phi) is 9.45. The van der Waals surface area contributed by atoms with Crippen LogP contribution in [0.25, 0.3) is 0 Å². The smallest absolute Gasteiger partial charge is 0.417 e. The van der Waals surface area contributed by atoms with Crippen LogP contribution in [0.1, 0.15) is 51.4 Å². The Hall–Kier alpha value is -2.20. The molecule has 2 rings (SSSR count). The number of esters is 2. The maximum absolute atomic E-state index is 12.2. The minimum Gasteiger partial charge on any atom is -0.454 e. The molecule has 2 aliphatic rings. The van der Waals surface area contributed by atoms with Gasteiger partial charge in [0.2, 0.25) is 11.8 Å². The van der Waals surface area contributed by atoms with Crippen LogP contribution in [0.4, 0.5) is 0 Å². The lowest BCUT2D eigenvalue weighted by molar-refractivity contribution is -0.176. The summed E-state index contributed by atoms with van der Waals surface area (Å²) in [5.74, 6) is -2.46. The highest BCUT2D eigenvalue weighted by Gasteiger charge is 2.36. The van der Waals surface area contributed by atoms with Gasteiger partial charge in [-0.05, 0) is 91.4 Å². The minimum atomic E-state index is -0.974. The lowest BCUT2D eigenvalue weighted by Crippen LogP contribution is -2.47. The van der Waals surface area contributed by atoms with Crippen molar-refractivity contribution >= 4 is 23.8 Å². The lowest BCUT2D eigenvalue weighted by Gasteiger charge is -2.35. The van der Waals surface area contributed by atoms with Crippen molar-refractivity contribution < 1.29 is 28.7 Å². The summed E-state index contributed by atoms with van der Waals surface area (Å²) in [5, 5.41) is 0. The van der Waals surface area contributed by atoms with E-state index in [0.29, 0.717) is 51.4 Å². The minimum absolute atomic E-state index is 0.103. The van der Waals surface area contributed by atoms with Gasteiger partial charge in [0, 0.05) is 0 Å². The second kappa shape index (κ2) is 11.6. The molecule has 4 N–H and O–H groups in total. The zero-order valence-electron chi connectivity index (χ0n) is 19.6. The molecule has 0 saturated heterocycles. The molecule has 0 aromatic heterocycles. The van der Waals surface area contributed by atoms with Crippen LogP contribution in [0.3, 0.4) is 0 Å². The molecule has 2 saturated carbocycles. The first-order valence-electron chi connectivity index (χ1n) is 11.3. The molecule has 0 bridgehead atoms. The van der Waals surface area contributed by atoms with Gasteiger partial charge in [-0.25, -0.2) is 9.59 Å². The maximum atomic E-state index is 12.2. The number of ether oxygens (including phenoxy) is 2. The van der Waals surface area contributed by atoms with E-state index in [1.807, 2.05) is 38.0 Å². The van der Waals surface area contributed by atoms with Crippen molar-refractivity contribution in [3.8, 4) is 0 Å². The van der Waals surface area contributed by atoms with Gasteiger partial charge in [0.1, 0.15) is 12.2 Å². The second-order valence-corrected chi connectivity index (χ2v) is 9.51. The highest BCUT2D eigenvalue weighted by Crippen LogP contribution is 2.32. The van der Waals surface area contributed by atoms with Gasteiger partial charge in [-0.3, -0.25) is 19.4 Å². The van der Waals surface area contributed by atoms with Crippen LogP contribution in [0.2, 0.25) is 0 Å². The molecule has 182 valence electrons. The van der Waals surface area contributed by atoms with Crippen LogP contribution >= 0.6 is 0 Å². The van der Waals surface area contributed by atoms with Gasteiger partial charge >= 0.3 is 11.9 Å². The van der Waals surface area contributed by atoms with Crippen molar-refractivity contribution in [3.05, 3.63) is 0 Å². The highest BCUT2D eigenvalue weighted by molar-refractivity contribution is 6.29. The van der Waals surface area contributed by atoms with E-state index in [-0.39, 0.29) is 47.9 Å². The average Bonchev–Trinajstić information content (AvgIpc) is 2.69. The standard InChI is InChI=1S/C22H38N4O6/c1-25(2)17(19(23)27)13-5-9-15(10-6-13)31-21(29)22(30)32-16-11-7-14(8-12-16)18(20(24)28)26(3)4/h13-18H,5-12H2,1-4H3,(H2,23,27)(H2,24,28). The third kappa shape index (κ3) is 6.90. The zero-order valence-corrected chi connectivity index (χ0v) is 19.6. The Labute approximate surface area is 189 Å². The first kappa shape index (κ1) is 26.1. The van der Waals surface area contributed by atoms with E-state index in [1.54, 1.807) is 0 Å². The number of nitrogens with zero attached hydrogens (tertiary/aromatic N) is 2. The average molecular weight is 455 g/mol. The fourth-order valence-electron chi connectivity index (χ4n) is 5.26. The molecule has 10 nitrogen and oxygen atoms in total. The van der Waals surface area contributed by atoms with Crippen molar-refractivity contribution in [2.75, 3.05) is 28.2 Å². The number of hydrogen-bond acceptors (Lipinski definition) is 8. The normalized spacial score (nSPS) is 28.1. The van der Waals surface area contributed by atoms with Crippen LogP contribution in [0, 0.1) is 11.8 Å². The Morgan fingerprint density at radius 1 is 0.625 bits per heavy atom. The van der Waals surface area contributed by atoms with Crippen LogP contribution in [0.5, 0.6) is 0 Å². The van der Waals surface area contributed by atoms with Crippen LogP contribution in [-0.4, -0.2) is 86.0 Å². The molecule has 2 atom stereocenters. The molecule has 0 aromatic rings. The number of nitrogens with two attached hydrogens (primary N) is 2. The predicted molar refractivity (Wildman–Crippen MR) is 117 cm³/mol. The third-order valence-corrected chi connectivity index (χ3v) is 6.74. The summed E-state index contributed by atoms with van der Waals surface area (Å²) in [5.41, 5.74) is 11.0. The van der Waals surface area contributed by atoms with Crippen molar-refractivity contribution in [2.24, 2.45) is 23.3 Å². The number of carbonyl (C=O) groups excluding carboxylic acids is 4. The number of primary amides is 2. The number of hydrogen-bond donors (Lipinski definition) is 2. The van der Waals surface area contributed by atoms with Crippen LogP contribution < -0.4 is 11.5 Å². The molecule has 0 spiro atoms. The molecule has 0 aliphatic heterocycles. The predicted octanol–water partition coefficient (Wildman–Crippen LogP) is 0.0214. The van der Waals surface area contributed by atoms with E-state index in [4.69, 9.17) is 20.9 Å². The van der Waals surface area contributed by atoms with Crippen molar-refractivity contribution in [2.45, 2.75) is 75.7 Å². The molecular weight excluding hydrogens is 416 g/mol. The van der Waals surface area contributed by atoms with Crippen LogP contribution in [-0.2, 0) is 28.7 Å². The van der Waals surface area contributed by atoms with Crippen molar-refractivity contribution in [1.29, 1.82) is 0 Å². The van der Waals surface area contributed by atoms with Gasteiger partial charge in [0.05, 0.1) is 12.1 Å². The second-order valence-electron chi connectivity index (χ2n) is 9.51. The molecule has 2 fully saturated rings. The summed E-state index contributed by atoms with van der Waals surface area (Å²) in [6.07, 6.45) is 4.33. The summed E-state index contributed by atoms with van der Waals surface area (Å²) >= 11 is 0. The largest absolute Gasteiger partial charge is 0.454 e. The fourth-order valence-corrected chi connectivity index (χ4v) is 5.26. The van der Waals surface area contributed by atoms with Gasteiger partial charge in [-0.15, -0.1) is 0 Å². The molecule has 2 aliphatic carbocycles. The summed E-state index contributed by atoms with van der Waals surface area (Å²) < 4.78 is 10.7. The van der Waals surface area contributed by atoms with E-state index < -0.39 is 11.9 Å².